The van der Waals surface area contributed by atoms with Gasteiger partial charge in [-0.25, -0.2) is 4.98 Å². The van der Waals surface area contributed by atoms with E-state index in [9.17, 15) is 9.59 Å². The Labute approximate surface area is 169 Å². The molecule has 1 aliphatic heterocycles. The van der Waals surface area contributed by atoms with E-state index in [0.717, 1.165) is 39.3 Å². The normalized spacial score (nSPS) is 15.6. The first-order chi connectivity index (χ1) is 14.0. The van der Waals surface area contributed by atoms with Crippen molar-refractivity contribution in [3.05, 3.63) is 51.3 Å². The molecule has 0 atom stereocenters. The van der Waals surface area contributed by atoms with Crippen LogP contribution in [0.1, 0.15) is 20.3 Å². The van der Waals surface area contributed by atoms with E-state index in [1.54, 1.807) is 27.6 Å². The molecule has 1 fully saturated rings. The van der Waals surface area contributed by atoms with Crippen molar-refractivity contribution < 1.29 is 4.74 Å². The van der Waals surface area contributed by atoms with Crippen LogP contribution in [0.15, 0.2) is 40.2 Å². The second kappa shape index (κ2) is 8.47. The van der Waals surface area contributed by atoms with Gasteiger partial charge < -0.3 is 13.9 Å². The number of aromatic nitrogens is 3. The number of ether oxygens (including phenoxy) is 1. The minimum absolute atomic E-state index is 0.0827. The van der Waals surface area contributed by atoms with Gasteiger partial charge in [0.1, 0.15) is 0 Å². The van der Waals surface area contributed by atoms with Gasteiger partial charge in [-0.1, -0.05) is 13.8 Å². The molecule has 0 spiro atoms. The van der Waals surface area contributed by atoms with E-state index in [4.69, 9.17) is 4.74 Å². The highest BCUT2D eigenvalue weighted by molar-refractivity contribution is 5.91. The third kappa shape index (κ3) is 4.26. The lowest BCUT2D eigenvalue weighted by atomic mass is 10.1. The molecule has 0 unspecified atom stereocenters. The van der Waals surface area contributed by atoms with Crippen LogP contribution in [-0.4, -0.2) is 51.9 Å². The maximum Gasteiger partial charge on any atom is 0.260 e. The van der Waals surface area contributed by atoms with Crippen LogP contribution < -0.4 is 11.1 Å². The highest BCUT2D eigenvalue weighted by atomic mass is 16.5. The smallest absolute Gasteiger partial charge is 0.260 e. The zero-order valence-corrected chi connectivity index (χ0v) is 17.1. The van der Waals surface area contributed by atoms with Crippen molar-refractivity contribution in [3.8, 4) is 0 Å². The summed E-state index contributed by atoms with van der Waals surface area (Å²) < 4.78 is 8.81. The van der Waals surface area contributed by atoms with Crippen molar-refractivity contribution in [3.63, 3.8) is 0 Å². The number of morpholine rings is 1. The quantitative estimate of drug-likeness (QED) is 0.597. The standard InChI is InChI=1S/C22H28N4O3/c1-16(2)3-6-25-7-4-19-17(21(25)27)15-18-20(23-19)5-8-26(22(18)28)10-9-24-11-13-29-14-12-24/h4-5,7-8,15-16H,3,6,9-14H2,1-2H3. The molecule has 7 heteroatoms. The summed E-state index contributed by atoms with van der Waals surface area (Å²) in [5.74, 6) is 0.519. The number of hydrogen-bond acceptors (Lipinski definition) is 5. The Morgan fingerprint density at radius 3 is 2.10 bits per heavy atom. The number of hydrogen-bond donors (Lipinski definition) is 0. The molecule has 0 aliphatic carbocycles. The van der Waals surface area contributed by atoms with Crippen molar-refractivity contribution in [1.29, 1.82) is 0 Å². The average molecular weight is 396 g/mol. The largest absolute Gasteiger partial charge is 0.379 e. The minimum atomic E-state index is -0.0952. The van der Waals surface area contributed by atoms with E-state index >= 15 is 0 Å². The molecule has 1 aliphatic rings. The first-order valence-corrected chi connectivity index (χ1v) is 10.4. The molecule has 3 aromatic heterocycles. The lowest BCUT2D eigenvalue weighted by Gasteiger charge is -2.26. The molecule has 29 heavy (non-hydrogen) atoms. The van der Waals surface area contributed by atoms with Crippen molar-refractivity contribution in [2.45, 2.75) is 33.4 Å². The monoisotopic (exact) mass is 396 g/mol. The molecule has 0 bridgehead atoms. The van der Waals surface area contributed by atoms with Crippen molar-refractivity contribution in [1.82, 2.24) is 19.0 Å². The molecule has 7 nitrogen and oxygen atoms in total. The Kier molecular flexibility index (Phi) is 5.78. The van der Waals surface area contributed by atoms with Crippen LogP contribution in [0.25, 0.3) is 21.8 Å². The van der Waals surface area contributed by atoms with Crippen LogP contribution in [-0.2, 0) is 17.8 Å². The van der Waals surface area contributed by atoms with Crippen LogP contribution in [0, 0.1) is 5.92 Å². The van der Waals surface area contributed by atoms with Gasteiger partial charge in [0.25, 0.3) is 11.1 Å². The second-order valence-electron chi connectivity index (χ2n) is 8.12. The second-order valence-corrected chi connectivity index (χ2v) is 8.12. The summed E-state index contributed by atoms with van der Waals surface area (Å²) >= 11 is 0. The number of nitrogens with zero attached hydrogens (tertiary/aromatic N) is 4. The number of pyridine rings is 3. The van der Waals surface area contributed by atoms with Gasteiger partial charge in [0.15, 0.2) is 0 Å². The summed E-state index contributed by atoms with van der Waals surface area (Å²) in [6.45, 7) is 9.63. The van der Waals surface area contributed by atoms with E-state index in [0.29, 0.717) is 40.8 Å². The molecular weight excluding hydrogens is 368 g/mol. The molecule has 0 saturated carbocycles. The first kappa shape index (κ1) is 19.8. The molecule has 154 valence electrons. The van der Waals surface area contributed by atoms with Crippen molar-refractivity contribution >= 4 is 21.8 Å². The molecule has 4 rings (SSSR count). The molecule has 3 aromatic rings. The average Bonchev–Trinajstić information content (AvgIpc) is 2.73. The fraction of sp³-hybridized carbons (Fsp3) is 0.500. The van der Waals surface area contributed by atoms with Crippen molar-refractivity contribution in [2.75, 3.05) is 32.8 Å². The fourth-order valence-electron chi connectivity index (χ4n) is 3.73. The summed E-state index contributed by atoms with van der Waals surface area (Å²) in [4.78, 5) is 32.8. The van der Waals surface area contributed by atoms with E-state index in [2.05, 4.69) is 23.7 Å². The lowest BCUT2D eigenvalue weighted by Crippen LogP contribution is -2.39. The molecular formula is C22H28N4O3. The summed E-state index contributed by atoms with van der Waals surface area (Å²) in [5.41, 5.74) is 1.08. The Bertz CT molecular complexity index is 1130. The van der Waals surface area contributed by atoms with Gasteiger partial charge in [-0.2, -0.15) is 0 Å². The maximum absolute atomic E-state index is 13.0. The van der Waals surface area contributed by atoms with Crippen LogP contribution in [0.3, 0.4) is 0 Å². The third-order valence-corrected chi connectivity index (χ3v) is 5.60. The zero-order chi connectivity index (χ0) is 20.4. The fourth-order valence-corrected chi connectivity index (χ4v) is 3.73. The Morgan fingerprint density at radius 1 is 0.931 bits per heavy atom. The van der Waals surface area contributed by atoms with Gasteiger partial charge in [-0.05, 0) is 30.5 Å². The SMILES string of the molecule is CC(C)CCn1ccc2nc3ccn(CCN4CCOCC4)c(=O)c3cc2c1=O. The van der Waals surface area contributed by atoms with E-state index < -0.39 is 0 Å². The van der Waals surface area contributed by atoms with Gasteiger partial charge in [0.2, 0.25) is 0 Å². The molecule has 0 N–H and O–H groups in total. The molecule has 0 aromatic carbocycles. The summed E-state index contributed by atoms with van der Waals surface area (Å²) in [6.07, 6.45) is 4.53. The van der Waals surface area contributed by atoms with Gasteiger partial charge in [0.05, 0.1) is 35.0 Å². The maximum atomic E-state index is 13.0. The van der Waals surface area contributed by atoms with Gasteiger partial charge in [0, 0.05) is 45.1 Å². The number of fused-ring (bicyclic) bond motifs is 2. The van der Waals surface area contributed by atoms with Crippen LogP contribution >= 0.6 is 0 Å². The van der Waals surface area contributed by atoms with Crippen LogP contribution in [0.2, 0.25) is 0 Å². The van der Waals surface area contributed by atoms with Crippen LogP contribution in [0.5, 0.6) is 0 Å². The predicted octanol–water partition coefficient (Wildman–Crippen LogP) is 2.09. The van der Waals surface area contributed by atoms with Gasteiger partial charge in [-0.3, -0.25) is 14.5 Å². The highest BCUT2D eigenvalue weighted by Crippen LogP contribution is 2.15. The number of aryl methyl sites for hydroxylation is 1. The van der Waals surface area contributed by atoms with E-state index in [-0.39, 0.29) is 11.1 Å². The Morgan fingerprint density at radius 2 is 1.52 bits per heavy atom. The summed E-state index contributed by atoms with van der Waals surface area (Å²) in [7, 11) is 0. The Hall–Kier alpha value is -2.51. The summed E-state index contributed by atoms with van der Waals surface area (Å²) in [6, 6.07) is 5.44. The topological polar surface area (TPSA) is 69.4 Å². The van der Waals surface area contributed by atoms with Gasteiger partial charge >= 0.3 is 0 Å². The molecule has 0 radical (unpaired) electrons. The van der Waals surface area contributed by atoms with E-state index in [1.165, 1.54) is 0 Å². The lowest BCUT2D eigenvalue weighted by molar-refractivity contribution is 0.0363. The molecule has 1 saturated heterocycles. The van der Waals surface area contributed by atoms with Crippen molar-refractivity contribution in [2.24, 2.45) is 5.92 Å². The Balaban J connectivity index is 1.67. The number of rotatable bonds is 6. The van der Waals surface area contributed by atoms with E-state index in [1.807, 2.05) is 12.1 Å². The van der Waals surface area contributed by atoms with Gasteiger partial charge in [-0.15, -0.1) is 0 Å². The minimum Gasteiger partial charge on any atom is -0.379 e. The first-order valence-electron chi connectivity index (χ1n) is 10.4. The molecule has 4 heterocycles. The molecule has 0 amide bonds. The highest BCUT2D eigenvalue weighted by Gasteiger charge is 2.13. The third-order valence-electron chi connectivity index (χ3n) is 5.60. The predicted molar refractivity (Wildman–Crippen MR) is 114 cm³/mol. The zero-order valence-electron chi connectivity index (χ0n) is 17.1. The van der Waals surface area contributed by atoms with Crippen LogP contribution in [0.4, 0.5) is 0 Å². The summed E-state index contributed by atoms with van der Waals surface area (Å²) in [5, 5.41) is 1.01.